The number of benzene rings is 2. The van der Waals surface area contributed by atoms with Crippen LogP contribution in [0.3, 0.4) is 0 Å². The minimum Gasteiger partial charge on any atom is -0.489 e. The second kappa shape index (κ2) is 21.1. The number of thiazole rings is 1. The maximum absolute atomic E-state index is 14.4. The van der Waals surface area contributed by atoms with Crippen LogP contribution in [0, 0.1) is 35.0 Å². The van der Waals surface area contributed by atoms with E-state index in [1.165, 1.54) is 0 Å². The topological polar surface area (TPSA) is 182 Å². The number of nitrogens with zero attached hydrogens (tertiary/aromatic N) is 8. The van der Waals surface area contributed by atoms with Crippen LogP contribution in [0.25, 0.3) is 10.4 Å². The van der Waals surface area contributed by atoms with Gasteiger partial charge in [0.05, 0.1) is 50.3 Å². The lowest BCUT2D eigenvalue weighted by atomic mass is 9.49. The molecule has 0 spiro atoms. The van der Waals surface area contributed by atoms with E-state index in [0.717, 1.165) is 78.8 Å². The molecule has 3 aromatic heterocycles. The lowest BCUT2D eigenvalue weighted by Gasteiger charge is -2.63. The number of likely N-dealkylation sites (tertiary alicyclic amines) is 1. The summed E-state index contributed by atoms with van der Waals surface area (Å²) in [5, 5.41) is 26.8. The average Bonchev–Trinajstić information content (AvgIpc) is 4.07. The number of carbonyl (C=O) groups is 3. The van der Waals surface area contributed by atoms with E-state index in [1.54, 1.807) is 40.6 Å². The second-order valence-corrected chi connectivity index (χ2v) is 22.3. The van der Waals surface area contributed by atoms with Crippen molar-refractivity contribution in [3.05, 3.63) is 111 Å². The molecule has 3 N–H and O–H groups in total. The van der Waals surface area contributed by atoms with Crippen LogP contribution < -0.4 is 20.3 Å². The van der Waals surface area contributed by atoms with Crippen LogP contribution >= 0.6 is 22.9 Å². The Morgan fingerprint density at radius 2 is 1.69 bits per heavy atom. The van der Waals surface area contributed by atoms with Crippen molar-refractivity contribution in [1.29, 1.82) is 5.26 Å². The van der Waals surface area contributed by atoms with Gasteiger partial charge in [-0.05, 0) is 74.5 Å². The van der Waals surface area contributed by atoms with Crippen LogP contribution in [0.2, 0.25) is 5.02 Å². The number of anilines is 1. The number of amides is 3. The maximum Gasteiger partial charge on any atom is 0.253 e. The Balaban J connectivity index is 0.799. The van der Waals surface area contributed by atoms with E-state index in [2.05, 4.69) is 59.2 Å². The maximum atomic E-state index is 14.4. The number of nitriles is 1. The number of carbonyl (C=O) groups excluding carboxylic acids is 3. The summed E-state index contributed by atoms with van der Waals surface area (Å²) in [5.74, 6) is 0.743. The summed E-state index contributed by atoms with van der Waals surface area (Å²) in [6.45, 7) is 20.6. The molecule has 1 aliphatic carbocycles. The number of hydrogen-bond donors (Lipinski definition) is 3. The van der Waals surface area contributed by atoms with E-state index >= 15 is 0 Å². The van der Waals surface area contributed by atoms with Crippen LogP contribution in [0.4, 0.5) is 5.82 Å². The van der Waals surface area contributed by atoms with Crippen molar-refractivity contribution < 1.29 is 24.2 Å². The van der Waals surface area contributed by atoms with E-state index < -0.39 is 18.1 Å². The molecular weight excluding hydrogens is 936 g/mol. The van der Waals surface area contributed by atoms with E-state index in [4.69, 9.17) is 26.3 Å². The van der Waals surface area contributed by atoms with Gasteiger partial charge in [0.15, 0.2) is 0 Å². The number of aliphatic hydroxyl groups excluding tert-OH is 1. The molecule has 2 saturated heterocycles. The summed E-state index contributed by atoms with van der Waals surface area (Å²) in [6.07, 6.45) is 4.40. The normalized spacial score (nSPS) is 21.6. The summed E-state index contributed by atoms with van der Waals surface area (Å²) in [7, 11) is 1.96. The van der Waals surface area contributed by atoms with Crippen LogP contribution in [-0.2, 0) is 23.1 Å². The van der Waals surface area contributed by atoms with Gasteiger partial charge in [-0.25, -0.2) is 15.0 Å². The lowest BCUT2D eigenvalue weighted by Crippen LogP contribution is -2.74. The molecule has 8 rings (SSSR count). The molecular formula is C54H67ClN10O5S. The predicted molar refractivity (Wildman–Crippen MR) is 276 cm³/mol. The van der Waals surface area contributed by atoms with Gasteiger partial charge >= 0.3 is 0 Å². The lowest BCUT2D eigenvalue weighted by molar-refractivity contribution is -0.164. The highest BCUT2D eigenvalue weighted by Gasteiger charge is 2.64. The monoisotopic (exact) mass is 1000 g/mol. The Kier molecular flexibility index (Phi) is 15.3. The van der Waals surface area contributed by atoms with Crippen LogP contribution in [0.5, 0.6) is 5.75 Å². The average molecular weight is 1000 g/mol. The molecule has 0 radical (unpaired) electrons. The Labute approximate surface area is 426 Å². The molecule has 4 atom stereocenters. The third-order valence-corrected chi connectivity index (χ3v) is 16.3. The molecule has 3 fully saturated rings. The van der Waals surface area contributed by atoms with Gasteiger partial charge in [-0.1, -0.05) is 77.4 Å². The highest BCUT2D eigenvalue weighted by Crippen LogP contribution is 2.55. The van der Waals surface area contributed by atoms with Crippen LogP contribution in [0.15, 0.2) is 72.5 Å². The molecule has 5 heterocycles. The molecule has 17 heteroatoms. The van der Waals surface area contributed by atoms with Crippen molar-refractivity contribution in [3.63, 3.8) is 0 Å². The van der Waals surface area contributed by atoms with Crippen molar-refractivity contribution in [2.75, 3.05) is 44.2 Å². The molecule has 2 aliphatic heterocycles. The standard InChI is InChI=1S/C54H67ClN10O5S/c1-32(2)45(50(69)65-30-40(66)25-43(65)49(68)60-33(3)35-12-14-36(15-13-35)46-34(4)59-31-71-46)47-58-29-39(62(47)9)11-10-20-63-21-23-64(24-22-63)44-19-17-38(28-57-44)48(67)61-51-53(5,6)52(54(51,7)8)70-41-18-16-37(27-56)42(55)26-41/h12-19,26,28-29,31-33,40,43,45,51-52,66H,10-11,20-25,30H2,1-9H3,(H,60,68)(H,61,67)/t33?,40-,43+,45?,51?,52?/m1/s1. The molecule has 3 amide bonds. The number of pyridine rings is 1. The van der Waals surface area contributed by atoms with Crippen molar-refractivity contribution in [2.45, 2.75) is 111 Å². The van der Waals surface area contributed by atoms with Gasteiger partial charge < -0.3 is 34.8 Å². The number of halogens is 1. The van der Waals surface area contributed by atoms with E-state index in [1.807, 2.05) is 87.4 Å². The van der Waals surface area contributed by atoms with Gasteiger partial charge in [0.2, 0.25) is 11.8 Å². The Morgan fingerprint density at radius 1 is 0.972 bits per heavy atom. The van der Waals surface area contributed by atoms with Crippen molar-refractivity contribution in [2.24, 2.45) is 23.8 Å². The van der Waals surface area contributed by atoms with E-state index in [0.29, 0.717) is 27.7 Å². The highest BCUT2D eigenvalue weighted by atomic mass is 35.5. The highest BCUT2D eigenvalue weighted by molar-refractivity contribution is 7.13. The molecule has 2 unspecified atom stereocenters. The first-order valence-corrected chi connectivity index (χ1v) is 25.9. The molecule has 0 bridgehead atoms. The number of rotatable bonds is 16. The SMILES string of the molecule is Cc1ncsc1-c1ccc(C(C)NC(=O)[C@@H]2C[C@@H](O)CN2C(=O)C(c2ncc(CCCN3CCN(c4ccc(C(=O)NC5C(C)(C)C(Oc6ccc(C#N)c(Cl)c6)C5(C)C)cn4)CC3)n2C)C(C)C)cc1. The smallest absolute Gasteiger partial charge is 0.253 e. The van der Waals surface area contributed by atoms with E-state index in [-0.39, 0.29) is 65.6 Å². The summed E-state index contributed by atoms with van der Waals surface area (Å²) < 4.78 is 8.43. The van der Waals surface area contributed by atoms with Gasteiger partial charge in [-0.3, -0.25) is 19.3 Å². The summed E-state index contributed by atoms with van der Waals surface area (Å²) in [4.78, 5) is 63.1. The fourth-order valence-electron chi connectivity index (χ4n) is 11.3. The zero-order valence-electron chi connectivity index (χ0n) is 42.3. The number of aryl methyl sites for hydroxylation is 2. The molecule has 5 aromatic rings. The van der Waals surface area contributed by atoms with Gasteiger partial charge in [-0.15, -0.1) is 11.3 Å². The second-order valence-electron chi connectivity index (χ2n) is 21.0. The van der Waals surface area contributed by atoms with Crippen LogP contribution in [0.1, 0.15) is 112 Å². The van der Waals surface area contributed by atoms with Crippen LogP contribution in [-0.4, -0.2) is 116 Å². The Bertz CT molecular complexity index is 2740. The van der Waals surface area contributed by atoms with Crippen molar-refractivity contribution >= 4 is 46.5 Å². The number of ether oxygens (including phenoxy) is 1. The fourth-order valence-corrected chi connectivity index (χ4v) is 12.3. The number of aromatic nitrogens is 4. The number of piperazine rings is 1. The zero-order chi connectivity index (χ0) is 50.9. The number of aliphatic hydroxyl groups is 1. The van der Waals surface area contributed by atoms with Gasteiger partial charge in [-0.2, -0.15) is 5.26 Å². The van der Waals surface area contributed by atoms with E-state index in [9.17, 15) is 24.8 Å². The first kappa shape index (κ1) is 51.5. The van der Waals surface area contributed by atoms with Gasteiger partial charge in [0, 0.05) is 87.2 Å². The fraction of sp³-hybridized carbons (Fsp3) is 0.500. The summed E-state index contributed by atoms with van der Waals surface area (Å²) >= 11 is 7.87. The molecule has 1 saturated carbocycles. The number of hydrogen-bond acceptors (Lipinski definition) is 12. The summed E-state index contributed by atoms with van der Waals surface area (Å²) in [5.41, 5.74) is 6.01. The number of nitrogens with one attached hydrogen (secondary N) is 2. The minimum absolute atomic E-state index is 0.0937. The first-order chi connectivity index (χ1) is 33.8. The van der Waals surface area contributed by atoms with Gasteiger partial charge in [0.1, 0.15) is 35.6 Å². The quantitative estimate of drug-likeness (QED) is 0.0881. The predicted octanol–water partition coefficient (Wildman–Crippen LogP) is 7.72. The molecule has 2 aromatic carbocycles. The Hall–Kier alpha value is -5.86. The number of β-amino-alcohol motifs (C(OH)–C–C–N with tert-alkyl or cyclic N) is 1. The molecule has 3 aliphatic rings. The minimum atomic E-state index is -0.798. The zero-order valence-corrected chi connectivity index (χ0v) is 43.9. The largest absolute Gasteiger partial charge is 0.489 e. The van der Waals surface area contributed by atoms with Gasteiger partial charge in [0.25, 0.3) is 5.91 Å². The molecule has 376 valence electrons. The number of imidazole rings is 1. The third-order valence-electron chi connectivity index (χ3n) is 15.0. The Morgan fingerprint density at radius 3 is 2.31 bits per heavy atom. The summed E-state index contributed by atoms with van der Waals surface area (Å²) in [6, 6.07) is 17.7. The van der Waals surface area contributed by atoms with Crippen molar-refractivity contribution in [1.82, 2.24) is 40.0 Å². The molecule has 71 heavy (non-hydrogen) atoms. The van der Waals surface area contributed by atoms with Crippen molar-refractivity contribution in [3.8, 4) is 22.3 Å². The molecule has 15 nitrogen and oxygen atoms in total. The third kappa shape index (κ3) is 10.7. The first-order valence-electron chi connectivity index (χ1n) is 24.7.